The molecule has 23 heavy (non-hydrogen) atoms. The second kappa shape index (κ2) is 7.11. The summed E-state index contributed by atoms with van der Waals surface area (Å²) in [6, 6.07) is 14.0. The maximum atomic E-state index is 13.6. The summed E-state index contributed by atoms with van der Waals surface area (Å²) in [6.07, 6.45) is 1.99. The van der Waals surface area contributed by atoms with Crippen molar-refractivity contribution in [1.29, 1.82) is 0 Å². The van der Waals surface area contributed by atoms with Crippen molar-refractivity contribution in [2.24, 2.45) is 0 Å². The van der Waals surface area contributed by atoms with E-state index in [1.807, 2.05) is 24.3 Å². The van der Waals surface area contributed by atoms with Crippen molar-refractivity contribution in [3.05, 3.63) is 64.9 Å². The number of carbonyl (C=O) groups excluding carboxylic acids is 1. The molecular formula is C18H18ClFN2O. The van der Waals surface area contributed by atoms with Gasteiger partial charge in [0, 0.05) is 11.1 Å². The fourth-order valence-corrected chi connectivity index (χ4v) is 3.31. The van der Waals surface area contributed by atoms with Gasteiger partial charge in [0.05, 0.1) is 12.2 Å². The molecule has 0 aromatic heterocycles. The Balaban J connectivity index is 1.68. The van der Waals surface area contributed by atoms with Gasteiger partial charge in [0.15, 0.2) is 0 Å². The lowest BCUT2D eigenvalue weighted by Gasteiger charge is -2.25. The molecule has 1 amide bonds. The second-order valence-corrected chi connectivity index (χ2v) is 6.09. The fourth-order valence-electron chi connectivity index (χ4n) is 3.05. The number of para-hydroxylation sites is 1. The number of nitrogens with one attached hydrogen (secondary N) is 1. The molecule has 0 aliphatic carbocycles. The fraction of sp³-hybridized carbons (Fsp3) is 0.278. The number of hydrogen-bond acceptors (Lipinski definition) is 2. The van der Waals surface area contributed by atoms with E-state index in [9.17, 15) is 9.18 Å². The van der Waals surface area contributed by atoms with E-state index in [0.29, 0.717) is 0 Å². The van der Waals surface area contributed by atoms with Crippen LogP contribution >= 0.6 is 11.6 Å². The van der Waals surface area contributed by atoms with E-state index < -0.39 is 5.82 Å². The minimum absolute atomic E-state index is 0.134. The van der Waals surface area contributed by atoms with Crippen LogP contribution < -0.4 is 5.32 Å². The third-order valence-electron chi connectivity index (χ3n) is 4.12. The minimum Gasteiger partial charge on any atom is -0.322 e. The Morgan fingerprint density at radius 1 is 1.22 bits per heavy atom. The Hall–Kier alpha value is -1.91. The number of halogens is 2. The SMILES string of the molecule is O=C(CN1CCCC1c1ccccc1Cl)Nc1ccccc1F. The van der Waals surface area contributed by atoms with Crippen LogP contribution in [0.4, 0.5) is 10.1 Å². The number of likely N-dealkylation sites (tertiary alicyclic amines) is 1. The first-order valence-electron chi connectivity index (χ1n) is 7.68. The third kappa shape index (κ3) is 3.71. The summed E-state index contributed by atoms with van der Waals surface area (Å²) in [5.41, 5.74) is 1.26. The van der Waals surface area contributed by atoms with Crippen molar-refractivity contribution >= 4 is 23.2 Å². The van der Waals surface area contributed by atoms with Gasteiger partial charge in [0.25, 0.3) is 0 Å². The summed E-state index contributed by atoms with van der Waals surface area (Å²) in [6.45, 7) is 1.06. The van der Waals surface area contributed by atoms with Crippen molar-refractivity contribution < 1.29 is 9.18 Å². The Morgan fingerprint density at radius 2 is 1.96 bits per heavy atom. The number of anilines is 1. The molecule has 3 rings (SSSR count). The number of carbonyl (C=O) groups is 1. The van der Waals surface area contributed by atoms with Crippen LogP contribution in [0.15, 0.2) is 48.5 Å². The van der Waals surface area contributed by atoms with E-state index in [0.717, 1.165) is 30.0 Å². The molecule has 1 N–H and O–H groups in total. The summed E-state index contributed by atoms with van der Waals surface area (Å²) >= 11 is 6.28. The van der Waals surface area contributed by atoms with Gasteiger partial charge in [0.2, 0.25) is 5.91 Å². The highest BCUT2D eigenvalue weighted by Gasteiger charge is 2.28. The molecule has 0 saturated carbocycles. The van der Waals surface area contributed by atoms with Gasteiger partial charge in [-0.25, -0.2) is 4.39 Å². The van der Waals surface area contributed by atoms with Gasteiger partial charge in [0.1, 0.15) is 5.82 Å². The zero-order valence-corrected chi connectivity index (χ0v) is 13.4. The lowest BCUT2D eigenvalue weighted by molar-refractivity contribution is -0.117. The zero-order chi connectivity index (χ0) is 16.2. The van der Waals surface area contributed by atoms with Crippen LogP contribution in [-0.2, 0) is 4.79 Å². The highest BCUT2D eigenvalue weighted by atomic mass is 35.5. The molecule has 1 fully saturated rings. The summed E-state index contributed by atoms with van der Waals surface area (Å²) < 4.78 is 13.6. The monoisotopic (exact) mass is 332 g/mol. The molecule has 0 spiro atoms. The average molecular weight is 333 g/mol. The smallest absolute Gasteiger partial charge is 0.238 e. The second-order valence-electron chi connectivity index (χ2n) is 5.68. The topological polar surface area (TPSA) is 32.3 Å². The number of nitrogens with zero attached hydrogens (tertiary/aromatic N) is 1. The van der Waals surface area contributed by atoms with Crippen LogP contribution in [0.1, 0.15) is 24.4 Å². The summed E-state index contributed by atoms with van der Waals surface area (Å²) in [5.74, 6) is -0.640. The molecule has 2 aromatic carbocycles. The normalized spacial score (nSPS) is 18.1. The molecule has 5 heteroatoms. The molecular weight excluding hydrogens is 315 g/mol. The van der Waals surface area contributed by atoms with Crippen molar-refractivity contribution in [3.8, 4) is 0 Å². The van der Waals surface area contributed by atoms with Crippen LogP contribution in [0.5, 0.6) is 0 Å². The van der Waals surface area contributed by atoms with E-state index in [1.165, 1.54) is 6.07 Å². The van der Waals surface area contributed by atoms with E-state index in [2.05, 4.69) is 10.2 Å². The first-order valence-corrected chi connectivity index (χ1v) is 8.06. The molecule has 120 valence electrons. The highest BCUT2D eigenvalue weighted by molar-refractivity contribution is 6.31. The maximum Gasteiger partial charge on any atom is 0.238 e. The maximum absolute atomic E-state index is 13.6. The van der Waals surface area contributed by atoms with Crippen LogP contribution in [0.3, 0.4) is 0 Å². The molecule has 1 unspecified atom stereocenters. The summed E-state index contributed by atoms with van der Waals surface area (Å²) in [4.78, 5) is 14.3. The van der Waals surface area contributed by atoms with Crippen molar-refractivity contribution in [3.63, 3.8) is 0 Å². The quantitative estimate of drug-likeness (QED) is 0.907. The minimum atomic E-state index is -0.426. The molecule has 1 aliphatic rings. The number of hydrogen-bond donors (Lipinski definition) is 1. The first kappa shape index (κ1) is 16.0. The van der Waals surface area contributed by atoms with Gasteiger partial charge in [-0.2, -0.15) is 0 Å². The Bertz CT molecular complexity index is 707. The largest absolute Gasteiger partial charge is 0.322 e. The number of amides is 1. The predicted octanol–water partition coefficient (Wildman–Crippen LogP) is 4.25. The molecule has 1 aliphatic heterocycles. The van der Waals surface area contributed by atoms with E-state index >= 15 is 0 Å². The lowest BCUT2D eigenvalue weighted by atomic mass is 10.0. The lowest BCUT2D eigenvalue weighted by Crippen LogP contribution is -2.33. The van der Waals surface area contributed by atoms with Gasteiger partial charge in [-0.3, -0.25) is 9.69 Å². The first-order chi connectivity index (χ1) is 11.1. The summed E-state index contributed by atoms with van der Waals surface area (Å²) in [7, 11) is 0. The van der Waals surface area contributed by atoms with Gasteiger partial charge in [-0.15, -0.1) is 0 Å². The molecule has 0 radical (unpaired) electrons. The van der Waals surface area contributed by atoms with Crippen LogP contribution in [0, 0.1) is 5.82 Å². The summed E-state index contributed by atoms with van der Waals surface area (Å²) in [5, 5.41) is 3.36. The molecule has 2 aromatic rings. The standard InChI is InChI=1S/C18H18ClFN2O/c19-14-7-2-1-6-13(14)17-10-5-11-22(17)12-18(23)21-16-9-4-3-8-15(16)20/h1-4,6-9,17H,5,10-12H2,(H,21,23). The Labute approximate surface area is 140 Å². The van der Waals surface area contributed by atoms with Gasteiger partial charge < -0.3 is 5.32 Å². The van der Waals surface area contributed by atoms with Crippen LogP contribution in [-0.4, -0.2) is 23.9 Å². The average Bonchev–Trinajstić information content (AvgIpc) is 2.98. The molecule has 3 nitrogen and oxygen atoms in total. The molecule has 1 saturated heterocycles. The van der Waals surface area contributed by atoms with Gasteiger partial charge in [-0.1, -0.05) is 41.9 Å². The van der Waals surface area contributed by atoms with Crippen LogP contribution in [0.25, 0.3) is 0 Å². The Morgan fingerprint density at radius 3 is 2.74 bits per heavy atom. The van der Waals surface area contributed by atoms with Crippen LogP contribution in [0.2, 0.25) is 5.02 Å². The van der Waals surface area contributed by atoms with E-state index in [1.54, 1.807) is 18.2 Å². The Kier molecular flexibility index (Phi) is 4.94. The zero-order valence-electron chi connectivity index (χ0n) is 12.6. The number of rotatable bonds is 4. The van der Waals surface area contributed by atoms with Crippen molar-refractivity contribution in [2.45, 2.75) is 18.9 Å². The molecule has 0 bridgehead atoms. The molecule has 1 atom stereocenters. The van der Waals surface area contributed by atoms with Gasteiger partial charge in [-0.05, 0) is 43.1 Å². The van der Waals surface area contributed by atoms with Crippen molar-refractivity contribution in [1.82, 2.24) is 4.90 Å². The third-order valence-corrected chi connectivity index (χ3v) is 4.47. The number of benzene rings is 2. The van der Waals surface area contributed by atoms with Gasteiger partial charge >= 0.3 is 0 Å². The molecule has 1 heterocycles. The van der Waals surface area contributed by atoms with Crippen molar-refractivity contribution in [2.75, 3.05) is 18.4 Å². The predicted molar refractivity (Wildman–Crippen MR) is 90.0 cm³/mol. The van der Waals surface area contributed by atoms with E-state index in [-0.39, 0.29) is 24.2 Å². The van der Waals surface area contributed by atoms with E-state index in [4.69, 9.17) is 11.6 Å². The highest BCUT2D eigenvalue weighted by Crippen LogP contribution is 2.35.